The topological polar surface area (TPSA) is 63.5 Å². The van der Waals surface area contributed by atoms with Gasteiger partial charge in [-0.25, -0.2) is 4.98 Å². The molecule has 0 unspecified atom stereocenters. The highest BCUT2D eigenvalue weighted by Crippen LogP contribution is 2.31. The van der Waals surface area contributed by atoms with E-state index in [9.17, 15) is 9.59 Å². The fraction of sp³-hybridized carbons (Fsp3) is 0.211. The summed E-state index contributed by atoms with van der Waals surface area (Å²) in [6.45, 7) is 1.99. The molecule has 5 heteroatoms. The molecular formula is C19H17N3O2. The minimum atomic E-state index is -0.134. The van der Waals surface area contributed by atoms with Crippen molar-refractivity contribution in [2.24, 2.45) is 0 Å². The van der Waals surface area contributed by atoms with Crippen molar-refractivity contribution in [2.45, 2.75) is 25.8 Å². The number of fused-ring (bicyclic) bond motifs is 2. The number of carbonyl (C=O) groups is 2. The van der Waals surface area contributed by atoms with Gasteiger partial charge in [-0.1, -0.05) is 18.2 Å². The van der Waals surface area contributed by atoms with E-state index in [0.29, 0.717) is 11.3 Å². The summed E-state index contributed by atoms with van der Waals surface area (Å²) in [5.74, 6) is -0.134. The molecule has 4 rings (SSSR count). The van der Waals surface area contributed by atoms with Gasteiger partial charge >= 0.3 is 0 Å². The Hall–Kier alpha value is -2.95. The van der Waals surface area contributed by atoms with Crippen LogP contribution in [0.2, 0.25) is 0 Å². The van der Waals surface area contributed by atoms with Gasteiger partial charge in [0, 0.05) is 11.8 Å². The number of aryl methyl sites for hydroxylation is 2. The molecule has 24 heavy (non-hydrogen) atoms. The lowest BCUT2D eigenvalue weighted by Crippen LogP contribution is -2.28. The molecule has 1 atom stereocenters. The van der Waals surface area contributed by atoms with Gasteiger partial charge in [-0.05, 0) is 48.6 Å². The normalized spacial score (nSPS) is 16.1. The number of nitrogens with zero attached hydrogens (tertiary/aromatic N) is 2. The molecule has 0 bridgehead atoms. The fourth-order valence-corrected chi connectivity index (χ4v) is 3.35. The van der Waals surface area contributed by atoms with Crippen LogP contribution in [0.1, 0.15) is 50.0 Å². The van der Waals surface area contributed by atoms with Crippen LogP contribution in [0.5, 0.6) is 0 Å². The maximum atomic E-state index is 12.7. The van der Waals surface area contributed by atoms with E-state index in [2.05, 4.69) is 10.3 Å². The Morgan fingerprint density at radius 3 is 3.04 bits per heavy atom. The van der Waals surface area contributed by atoms with Crippen molar-refractivity contribution in [3.63, 3.8) is 0 Å². The molecule has 1 aliphatic carbocycles. The standard InChI is InChI=1S/C19H17N3O2/c1-12-2-7-18-20-9-17(22(18)10-12)19(24)21-16-6-4-14-8-13(11-23)3-5-15(14)16/h2-3,5,7-11,16H,4,6H2,1H3,(H,21,24)/t16-/m1/s1. The quantitative estimate of drug-likeness (QED) is 0.755. The minimum Gasteiger partial charge on any atom is -0.344 e. The fourth-order valence-electron chi connectivity index (χ4n) is 3.35. The number of carbonyl (C=O) groups excluding carboxylic acids is 2. The molecule has 1 aromatic carbocycles. The zero-order valence-corrected chi connectivity index (χ0v) is 13.3. The third-order valence-electron chi connectivity index (χ3n) is 4.57. The van der Waals surface area contributed by atoms with Crippen LogP contribution in [-0.2, 0) is 6.42 Å². The van der Waals surface area contributed by atoms with Crippen LogP contribution in [0.4, 0.5) is 0 Å². The van der Waals surface area contributed by atoms with Crippen LogP contribution in [0, 0.1) is 6.92 Å². The third kappa shape index (κ3) is 2.38. The van der Waals surface area contributed by atoms with Crippen molar-refractivity contribution in [2.75, 3.05) is 0 Å². The highest BCUT2D eigenvalue weighted by Gasteiger charge is 2.25. The lowest BCUT2D eigenvalue weighted by molar-refractivity contribution is 0.0930. The van der Waals surface area contributed by atoms with Crippen molar-refractivity contribution >= 4 is 17.8 Å². The van der Waals surface area contributed by atoms with Gasteiger partial charge in [0.15, 0.2) is 0 Å². The van der Waals surface area contributed by atoms with Gasteiger partial charge in [0.25, 0.3) is 5.91 Å². The number of nitrogens with one attached hydrogen (secondary N) is 1. The number of benzene rings is 1. The Bertz CT molecular complexity index is 958. The third-order valence-corrected chi connectivity index (χ3v) is 4.57. The monoisotopic (exact) mass is 319 g/mol. The first-order chi connectivity index (χ1) is 11.7. The number of aromatic nitrogens is 2. The molecule has 1 N–H and O–H groups in total. The van der Waals surface area contributed by atoms with Crippen LogP contribution < -0.4 is 5.32 Å². The minimum absolute atomic E-state index is 0.0245. The molecule has 1 amide bonds. The van der Waals surface area contributed by atoms with Crippen LogP contribution in [0.25, 0.3) is 5.65 Å². The number of imidazole rings is 1. The largest absolute Gasteiger partial charge is 0.344 e. The maximum Gasteiger partial charge on any atom is 0.270 e. The van der Waals surface area contributed by atoms with Gasteiger partial charge in [0.05, 0.1) is 12.2 Å². The highest BCUT2D eigenvalue weighted by molar-refractivity contribution is 5.93. The molecule has 2 aromatic heterocycles. The zero-order chi connectivity index (χ0) is 16.7. The maximum absolute atomic E-state index is 12.7. The van der Waals surface area contributed by atoms with E-state index >= 15 is 0 Å². The van der Waals surface area contributed by atoms with E-state index in [4.69, 9.17) is 0 Å². The summed E-state index contributed by atoms with van der Waals surface area (Å²) < 4.78 is 1.82. The molecule has 2 heterocycles. The van der Waals surface area contributed by atoms with Gasteiger partial charge in [0.2, 0.25) is 0 Å². The highest BCUT2D eigenvalue weighted by atomic mass is 16.2. The summed E-state index contributed by atoms with van der Waals surface area (Å²) in [5, 5.41) is 3.10. The number of hydrogen-bond donors (Lipinski definition) is 1. The SMILES string of the molecule is Cc1ccc2ncc(C(=O)N[C@@H]3CCc4cc(C=O)ccc43)n2c1. The Labute approximate surface area is 139 Å². The molecule has 0 radical (unpaired) electrons. The molecule has 0 saturated heterocycles. The molecule has 0 spiro atoms. The van der Waals surface area contributed by atoms with Gasteiger partial charge in [-0.2, -0.15) is 0 Å². The molecular weight excluding hydrogens is 302 g/mol. The lowest BCUT2D eigenvalue weighted by atomic mass is 10.1. The van der Waals surface area contributed by atoms with Gasteiger partial charge in [-0.3, -0.25) is 14.0 Å². The Kier molecular flexibility index (Phi) is 3.41. The molecule has 0 aliphatic heterocycles. The van der Waals surface area contributed by atoms with E-state index in [1.165, 1.54) is 0 Å². The first-order valence-electron chi connectivity index (χ1n) is 7.98. The van der Waals surface area contributed by atoms with Crippen molar-refractivity contribution in [1.29, 1.82) is 0 Å². The summed E-state index contributed by atoms with van der Waals surface area (Å²) in [4.78, 5) is 27.9. The van der Waals surface area contributed by atoms with E-state index in [1.54, 1.807) is 12.3 Å². The summed E-state index contributed by atoms with van der Waals surface area (Å²) in [6.07, 6.45) is 6.09. The van der Waals surface area contributed by atoms with E-state index in [0.717, 1.165) is 41.5 Å². The first-order valence-corrected chi connectivity index (χ1v) is 7.98. The number of pyridine rings is 1. The van der Waals surface area contributed by atoms with Crippen molar-refractivity contribution in [3.8, 4) is 0 Å². The number of amides is 1. The summed E-state index contributed by atoms with van der Waals surface area (Å²) >= 11 is 0. The second-order valence-corrected chi connectivity index (χ2v) is 6.22. The summed E-state index contributed by atoms with van der Waals surface area (Å²) in [6, 6.07) is 9.50. The van der Waals surface area contributed by atoms with Crippen LogP contribution in [0.15, 0.2) is 42.7 Å². The Morgan fingerprint density at radius 1 is 1.33 bits per heavy atom. The summed E-state index contributed by atoms with van der Waals surface area (Å²) in [7, 11) is 0. The zero-order valence-electron chi connectivity index (χ0n) is 13.3. The second-order valence-electron chi connectivity index (χ2n) is 6.22. The Balaban J connectivity index is 1.61. The predicted octanol–water partition coefficient (Wildman–Crippen LogP) is 2.87. The van der Waals surface area contributed by atoms with E-state index < -0.39 is 0 Å². The molecule has 0 saturated carbocycles. The smallest absolute Gasteiger partial charge is 0.270 e. The van der Waals surface area contributed by atoms with Crippen LogP contribution >= 0.6 is 0 Å². The second kappa shape index (κ2) is 5.60. The van der Waals surface area contributed by atoms with Gasteiger partial charge < -0.3 is 5.32 Å². The number of hydrogen-bond acceptors (Lipinski definition) is 3. The van der Waals surface area contributed by atoms with Crippen LogP contribution in [0.3, 0.4) is 0 Å². The molecule has 1 aliphatic rings. The average molecular weight is 319 g/mol. The van der Waals surface area contributed by atoms with E-state index in [-0.39, 0.29) is 11.9 Å². The van der Waals surface area contributed by atoms with Crippen LogP contribution in [-0.4, -0.2) is 21.6 Å². The predicted molar refractivity (Wildman–Crippen MR) is 90.3 cm³/mol. The number of rotatable bonds is 3. The molecule has 3 aromatic rings. The molecule has 5 nitrogen and oxygen atoms in total. The van der Waals surface area contributed by atoms with Gasteiger partial charge in [-0.15, -0.1) is 0 Å². The molecule has 0 fully saturated rings. The first kappa shape index (κ1) is 14.6. The Morgan fingerprint density at radius 2 is 2.21 bits per heavy atom. The van der Waals surface area contributed by atoms with Gasteiger partial charge in [0.1, 0.15) is 17.6 Å². The van der Waals surface area contributed by atoms with Crippen molar-refractivity contribution in [1.82, 2.24) is 14.7 Å². The average Bonchev–Trinajstić information content (AvgIpc) is 3.18. The summed E-state index contributed by atoms with van der Waals surface area (Å²) in [5.41, 5.74) is 5.28. The molecule has 120 valence electrons. The lowest BCUT2D eigenvalue weighted by Gasteiger charge is -2.14. The van der Waals surface area contributed by atoms with E-state index in [1.807, 2.05) is 41.8 Å². The van der Waals surface area contributed by atoms with Crippen molar-refractivity contribution < 1.29 is 9.59 Å². The number of aldehydes is 1. The van der Waals surface area contributed by atoms with Crippen molar-refractivity contribution in [3.05, 3.63) is 70.7 Å².